The summed E-state index contributed by atoms with van der Waals surface area (Å²) in [7, 11) is 0. The molecule has 19 heavy (non-hydrogen) atoms. The minimum absolute atomic E-state index is 0. The van der Waals surface area contributed by atoms with Gasteiger partial charge in [-0.25, -0.2) is 0 Å². The molecular formula is C16H35InO2. The quantitative estimate of drug-likeness (QED) is 0.490. The molecule has 0 aliphatic rings. The van der Waals surface area contributed by atoms with E-state index in [1.807, 2.05) is 0 Å². The molecule has 1 atom stereocenters. The number of rotatable bonds is 13. The normalized spacial score (nSPS) is 11.9. The Labute approximate surface area is 138 Å². The Balaban J connectivity index is 0. The number of hydrogen-bond acceptors (Lipinski definition) is 1. The molecule has 1 N–H and O–H groups in total. The summed E-state index contributed by atoms with van der Waals surface area (Å²) < 4.78 is 0. The second-order valence-corrected chi connectivity index (χ2v) is 5.44. The summed E-state index contributed by atoms with van der Waals surface area (Å²) in [5, 5.41) is 9.17. The first kappa shape index (κ1) is 21.6. The molecule has 0 spiro atoms. The molecule has 0 heterocycles. The van der Waals surface area contributed by atoms with Crippen molar-refractivity contribution in [3.8, 4) is 0 Å². The van der Waals surface area contributed by atoms with E-state index in [9.17, 15) is 9.90 Å². The van der Waals surface area contributed by atoms with E-state index in [0.29, 0.717) is 0 Å². The number of unbranched alkanes of at least 4 members (excludes halogenated alkanes) is 8. The summed E-state index contributed by atoms with van der Waals surface area (Å²) in [6, 6.07) is 0. The molecule has 0 aliphatic heterocycles. The Morgan fingerprint density at radius 2 is 1.16 bits per heavy atom. The SMILES string of the molecule is CCCCCCCCC(CCCCCC)C(=O)O.[InH3]. The second kappa shape index (κ2) is 16.4. The van der Waals surface area contributed by atoms with Crippen LogP contribution in [0, 0.1) is 5.92 Å². The van der Waals surface area contributed by atoms with Gasteiger partial charge in [-0.1, -0.05) is 78.1 Å². The molecule has 1 unspecified atom stereocenters. The number of carboxylic acid groups (broad SMARTS) is 1. The monoisotopic (exact) mass is 374 g/mol. The van der Waals surface area contributed by atoms with E-state index in [4.69, 9.17) is 0 Å². The van der Waals surface area contributed by atoms with Gasteiger partial charge in [0.05, 0.1) is 5.92 Å². The predicted molar refractivity (Wildman–Crippen MR) is 87.8 cm³/mol. The van der Waals surface area contributed by atoms with Crippen molar-refractivity contribution in [3.05, 3.63) is 0 Å². The van der Waals surface area contributed by atoms with Crippen LogP contribution in [0.3, 0.4) is 0 Å². The molecule has 2 nitrogen and oxygen atoms in total. The molecular weight excluding hydrogens is 339 g/mol. The van der Waals surface area contributed by atoms with Crippen LogP contribution in [-0.4, -0.2) is 36.9 Å². The summed E-state index contributed by atoms with van der Waals surface area (Å²) >= 11 is 0. The maximum absolute atomic E-state index is 11.1. The van der Waals surface area contributed by atoms with Crippen LogP contribution < -0.4 is 0 Å². The van der Waals surface area contributed by atoms with Gasteiger partial charge in [0.1, 0.15) is 0 Å². The van der Waals surface area contributed by atoms with Crippen molar-refractivity contribution in [2.75, 3.05) is 0 Å². The Kier molecular flexibility index (Phi) is 18.7. The standard InChI is InChI=1S/C16H32O2.In.3H/c1-3-5-7-9-10-12-14-15(16(17)18)13-11-8-6-4-2;;;;/h15H,3-14H2,1-2H3,(H,17,18);;;;. The zero-order chi connectivity index (χ0) is 13.6. The van der Waals surface area contributed by atoms with Crippen molar-refractivity contribution >= 4 is 31.8 Å². The first-order valence-electron chi connectivity index (χ1n) is 7.95. The van der Waals surface area contributed by atoms with E-state index in [1.54, 1.807) is 0 Å². The summed E-state index contributed by atoms with van der Waals surface area (Å²) in [5.74, 6) is -0.673. The predicted octanol–water partition coefficient (Wildman–Crippen LogP) is 4.22. The fourth-order valence-electron chi connectivity index (χ4n) is 2.38. The van der Waals surface area contributed by atoms with Crippen LogP contribution in [0.25, 0.3) is 0 Å². The fourth-order valence-corrected chi connectivity index (χ4v) is 2.38. The Morgan fingerprint density at radius 1 is 0.789 bits per heavy atom. The van der Waals surface area contributed by atoms with Crippen LogP contribution in [0.4, 0.5) is 0 Å². The van der Waals surface area contributed by atoms with Gasteiger partial charge in [-0.2, -0.15) is 0 Å². The van der Waals surface area contributed by atoms with Gasteiger partial charge in [0.25, 0.3) is 0 Å². The zero-order valence-corrected chi connectivity index (χ0v) is 12.4. The molecule has 0 amide bonds. The molecule has 0 aliphatic carbocycles. The van der Waals surface area contributed by atoms with Crippen LogP contribution in [0.1, 0.15) is 90.9 Å². The molecule has 0 rings (SSSR count). The molecule has 3 heteroatoms. The molecule has 0 radical (unpaired) electrons. The maximum atomic E-state index is 11.1. The minimum atomic E-state index is -0.583. The Bertz CT molecular complexity index is 195. The number of aliphatic carboxylic acids is 1. The molecule has 114 valence electrons. The molecule has 0 bridgehead atoms. The van der Waals surface area contributed by atoms with E-state index in [1.165, 1.54) is 51.4 Å². The number of carboxylic acids is 1. The van der Waals surface area contributed by atoms with E-state index < -0.39 is 5.97 Å². The van der Waals surface area contributed by atoms with Crippen molar-refractivity contribution in [2.24, 2.45) is 5.92 Å². The van der Waals surface area contributed by atoms with Gasteiger partial charge < -0.3 is 5.11 Å². The number of carbonyl (C=O) groups is 1. The molecule has 0 saturated heterocycles. The van der Waals surface area contributed by atoms with E-state index >= 15 is 0 Å². The van der Waals surface area contributed by atoms with E-state index in [-0.39, 0.29) is 31.8 Å². The third-order valence-electron chi connectivity index (χ3n) is 3.66. The van der Waals surface area contributed by atoms with Crippen molar-refractivity contribution in [3.63, 3.8) is 0 Å². The van der Waals surface area contributed by atoms with E-state index in [2.05, 4.69) is 13.8 Å². The van der Waals surface area contributed by atoms with Gasteiger partial charge in [-0.3, -0.25) is 4.79 Å². The van der Waals surface area contributed by atoms with Gasteiger partial charge in [0, 0.05) is 0 Å². The molecule has 0 aromatic carbocycles. The van der Waals surface area contributed by atoms with Gasteiger partial charge in [0.15, 0.2) is 0 Å². The van der Waals surface area contributed by atoms with Crippen LogP contribution in [0.2, 0.25) is 0 Å². The van der Waals surface area contributed by atoms with Gasteiger partial charge >= 0.3 is 31.8 Å². The molecule has 0 saturated carbocycles. The summed E-state index contributed by atoms with van der Waals surface area (Å²) in [4.78, 5) is 11.1. The Hall–Kier alpha value is 0.340. The van der Waals surface area contributed by atoms with Gasteiger partial charge in [-0.05, 0) is 12.8 Å². The zero-order valence-electron chi connectivity index (χ0n) is 12.4. The summed E-state index contributed by atoms with van der Waals surface area (Å²) in [6.45, 7) is 4.40. The topological polar surface area (TPSA) is 37.3 Å². The van der Waals surface area contributed by atoms with Gasteiger partial charge in [0.2, 0.25) is 0 Å². The average molecular weight is 374 g/mol. The summed E-state index contributed by atoms with van der Waals surface area (Å²) in [6.07, 6.45) is 14.0. The number of hydrogen-bond donors (Lipinski definition) is 1. The average Bonchev–Trinajstić information content (AvgIpc) is 2.35. The van der Waals surface area contributed by atoms with Crippen LogP contribution >= 0.6 is 0 Å². The van der Waals surface area contributed by atoms with Crippen molar-refractivity contribution in [1.29, 1.82) is 0 Å². The summed E-state index contributed by atoms with van der Waals surface area (Å²) in [5.41, 5.74) is 0. The van der Waals surface area contributed by atoms with Crippen molar-refractivity contribution in [2.45, 2.75) is 90.9 Å². The Morgan fingerprint density at radius 3 is 1.58 bits per heavy atom. The molecule has 0 fully saturated rings. The first-order chi connectivity index (χ1) is 8.72. The van der Waals surface area contributed by atoms with Crippen molar-refractivity contribution in [1.82, 2.24) is 0 Å². The van der Waals surface area contributed by atoms with Gasteiger partial charge in [-0.15, -0.1) is 0 Å². The molecule has 0 aromatic heterocycles. The van der Waals surface area contributed by atoms with Crippen LogP contribution in [0.15, 0.2) is 0 Å². The third-order valence-corrected chi connectivity index (χ3v) is 3.66. The molecule has 0 aromatic rings. The first-order valence-corrected chi connectivity index (χ1v) is 7.95. The fraction of sp³-hybridized carbons (Fsp3) is 0.938. The third kappa shape index (κ3) is 14.6. The van der Waals surface area contributed by atoms with Crippen LogP contribution in [0.5, 0.6) is 0 Å². The van der Waals surface area contributed by atoms with Crippen LogP contribution in [-0.2, 0) is 4.79 Å². The second-order valence-electron chi connectivity index (χ2n) is 5.44. The van der Waals surface area contributed by atoms with E-state index in [0.717, 1.165) is 25.7 Å². The van der Waals surface area contributed by atoms with Crippen molar-refractivity contribution < 1.29 is 9.90 Å².